The summed E-state index contributed by atoms with van der Waals surface area (Å²) >= 11 is 0. The molecule has 0 aromatic carbocycles. The SMILES string of the molecule is Cn1c(C(=O)OC(C)(C)C)cc2c1CCNC2. The number of rotatable bonds is 1. The van der Waals surface area contributed by atoms with Crippen LogP contribution >= 0.6 is 0 Å². The number of hydrogen-bond donors (Lipinski definition) is 1. The topological polar surface area (TPSA) is 43.3 Å². The van der Waals surface area contributed by atoms with Crippen LogP contribution in [0.4, 0.5) is 0 Å². The summed E-state index contributed by atoms with van der Waals surface area (Å²) in [6.07, 6.45) is 0.967. The van der Waals surface area contributed by atoms with E-state index in [4.69, 9.17) is 4.74 Å². The molecule has 17 heavy (non-hydrogen) atoms. The lowest BCUT2D eigenvalue weighted by Gasteiger charge is -2.20. The van der Waals surface area contributed by atoms with Gasteiger partial charge in [-0.1, -0.05) is 0 Å². The van der Waals surface area contributed by atoms with Crippen molar-refractivity contribution in [2.24, 2.45) is 7.05 Å². The number of aromatic nitrogens is 1. The van der Waals surface area contributed by atoms with Crippen molar-refractivity contribution >= 4 is 5.97 Å². The second-order valence-electron chi connectivity index (χ2n) is 5.49. The Hall–Kier alpha value is -1.29. The van der Waals surface area contributed by atoms with Crippen molar-refractivity contribution in [1.29, 1.82) is 0 Å². The fourth-order valence-electron chi connectivity index (χ4n) is 2.14. The zero-order valence-corrected chi connectivity index (χ0v) is 11.0. The van der Waals surface area contributed by atoms with Crippen molar-refractivity contribution in [3.63, 3.8) is 0 Å². The molecule has 4 heteroatoms. The minimum Gasteiger partial charge on any atom is -0.455 e. The van der Waals surface area contributed by atoms with Crippen LogP contribution in [0.3, 0.4) is 0 Å². The summed E-state index contributed by atoms with van der Waals surface area (Å²) in [6, 6.07) is 1.94. The van der Waals surface area contributed by atoms with Crippen LogP contribution in [0.1, 0.15) is 42.5 Å². The van der Waals surface area contributed by atoms with Crippen LogP contribution in [0.5, 0.6) is 0 Å². The maximum absolute atomic E-state index is 12.0. The highest BCUT2D eigenvalue weighted by atomic mass is 16.6. The van der Waals surface area contributed by atoms with Crippen LogP contribution in [0.2, 0.25) is 0 Å². The summed E-state index contributed by atoms with van der Waals surface area (Å²) in [6.45, 7) is 7.46. The third kappa shape index (κ3) is 2.52. The second kappa shape index (κ2) is 4.18. The van der Waals surface area contributed by atoms with E-state index >= 15 is 0 Å². The molecule has 1 aliphatic heterocycles. The number of carbonyl (C=O) groups is 1. The van der Waals surface area contributed by atoms with Gasteiger partial charge in [-0.3, -0.25) is 0 Å². The van der Waals surface area contributed by atoms with Crippen LogP contribution in [-0.2, 0) is 24.8 Å². The molecule has 4 nitrogen and oxygen atoms in total. The highest BCUT2D eigenvalue weighted by Gasteiger charge is 2.24. The van der Waals surface area contributed by atoms with Crippen LogP contribution in [0, 0.1) is 0 Å². The maximum Gasteiger partial charge on any atom is 0.355 e. The minimum absolute atomic E-state index is 0.241. The highest BCUT2D eigenvalue weighted by molar-refractivity contribution is 5.88. The van der Waals surface area contributed by atoms with E-state index in [2.05, 4.69) is 5.32 Å². The average Bonchev–Trinajstić information content (AvgIpc) is 2.55. The summed E-state index contributed by atoms with van der Waals surface area (Å²) in [5, 5.41) is 3.30. The van der Waals surface area contributed by atoms with Crippen molar-refractivity contribution in [3.05, 3.63) is 23.0 Å². The fourth-order valence-corrected chi connectivity index (χ4v) is 2.14. The van der Waals surface area contributed by atoms with Gasteiger partial charge in [0.25, 0.3) is 0 Å². The van der Waals surface area contributed by atoms with Crippen molar-refractivity contribution in [3.8, 4) is 0 Å². The normalized spacial score (nSPS) is 15.5. The summed E-state index contributed by atoms with van der Waals surface area (Å²) in [5.41, 5.74) is 2.65. The van der Waals surface area contributed by atoms with E-state index < -0.39 is 5.60 Å². The number of hydrogen-bond acceptors (Lipinski definition) is 3. The molecule has 1 N–H and O–H groups in total. The van der Waals surface area contributed by atoms with E-state index in [1.54, 1.807) is 0 Å². The van der Waals surface area contributed by atoms with Crippen LogP contribution in [0.25, 0.3) is 0 Å². The van der Waals surface area contributed by atoms with Crippen molar-refractivity contribution < 1.29 is 9.53 Å². The molecule has 0 saturated carbocycles. The molecule has 94 valence electrons. The summed E-state index contributed by atoms with van der Waals surface area (Å²) in [4.78, 5) is 12.0. The number of ether oxygens (including phenoxy) is 1. The van der Waals surface area contributed by atoms with Crippen LogP contribution < -0.4 is 5.32 Å². The van der Waals surface area contributed by atoms with Gasteiger partial charge < -0.3 is 14.6 Å². The van der Waals surface area contributed by atoms with E-state index in [0.717, 1.165) is 19.5 Å². The molecule has 0 fully saturated rings. The predicted octanol–water partition coefficient (Wildman–Crippen LogP) is 1.63. The first-order valence-corrected chi connectivity index (χ1v) is 6.00. The first-order valence-electron chi connectivity index (χ1n) is 6.00. The Kier molecular flexibility index (Phi) is 3.00. The molecule has 0 spiro atoms. The Morgan fingerprint density at radius 3 is 2.76 bits per heavy atom. The summed E-state index contributed by atoms with van der Waals surface area (Å²) in [7, 11) is 1.93. The molecule has 1 aromatic heterocycles. The molecule has 2 rings (SSSR count). The van der Waals surface area contributed by atoms with Crippen LogP contribution in [0.15, 0.2) is 6.07 Å². The molecule has 0 atom stereocenters. The Morgan fingerprint density at radius 2 is 2.18 bits per heavy atom. The van der Waals surface area contributed by atoms with Gasteiger partial charge in [0.05, 0.1) is 0 Å². The molecule has 0 saturated heterocycles. The molecule has 0 bridgehead atoms. The molecule has 1 aromatic rings. The van der Waals surface area contributed by atoms with E-state index in [0.29, 0.717) is 5.69 Å². The summed E-state index contributed by atoms with van der Waals surface area (Å²) in [5.74, 6) is -0.241. The first-order chi connectivity index (χ1) is 7.88. The lowest BCUT2D eigenvalue weighted by atomic mass is 10.1. The Morgan fingerprint density at radius 1 is 1.47 bits per heavy atom. The van der Waals surface area contributed by atoms with Crippen molar-refractivity contribution in [1.82, 2.24) is 9.88 Å². The third-order valence-electron chi connectivity index (χ3n) is 2.91. The standard InChI is InChI=1S/C13H20N2O2/c1-13(2,3)17-12(16)11-7-9-8-14-6-5-10(9)15(11)4/h7,14H,5-6,8H2,1-4H3. The van der Waals surface area contributed by atoms with Gasteiger partial charge in [0.15, 0.2) is 0 Å². The summed E-state index contributed by atoms with van der Waals surface area (Å²) < 4.78 is 7.36. The monoisotopic (exact) mass is 236 g/mol. The molecule has 0 aliphatic carbocycles. The zero-order chi connectivity index (χ0) is 12.6. The Balaban J connectivity index is 2.27. The zero-order valence-electron chi connectivity index (χ0n) is 11.0. The second-order valence-corrected chi connectivity index (χ2v) is 5.49. The highest BCUT2D eigenvalue weighted by Crippen LogP contribution is 2.20. The number of nitrogens with zero attached hydrogens (tertiary/aromatic N) is 1. The Labute approximate surface area is 102 Å². The first kappa shape index (κ1) is 12.2. The van der Waals surface area contributed by atoms with Gasteiger partial charge in [-0.05, 0) is 32.4 Å². The number of nitrogens with one attached hydrogen (secondary N) is 1. The maximum atomic E-state index is 12.0. The molecular weight excluding hydrogens is 216 g/mol. The van der Waals surface area contributed by atoms with Gasteiger partial charge in [-0.2, -0.15) is 0 Å². The lowest BCUT2D eigenvalue weighted by molar-refractivity contribution is 0.00587. The number of carbonyl (C=O) groups excluding carboxylic acids is 1. The fraction of sp³-hybridized carbons (Fsp3) is 0.615. The lowest BCUT2D eigenvalue weighted by Crippen LogP contribution is -2.26. The van der Waals surface area contributed by atoms with Crippen molar-refractivity contribution in [2.45, 2.75) is 39.3 Å². The van der Waals surface area contributed by atoms with Crippen LogP contribution in [-0.4, -0.2) is 22.7 Å². The molecule has 0 unspecified atom stereocenters. The quantitative estimate of drug-likeness (QED) is 0.754. The molecule has 2 heterocycles. The predicted molar refractivity (Wildman–Crippen MR) is 66.0 cm³/mol. The molecule has 0 radical (unpaired) electrons. The van der Waals surface area contributed by atoms with E-state index in [1.165, 1.54) is 11.3 Å². The van der Waals surface area contributed by atoms with Gasteiger partial charge in [0.1, 0.15) is 11.3 Å². The molecular formula is C13H20N2O2. The van der Waals surface area contributed by atoms with E-state index in [-0.39, 0.29) is 5.97 Å². The van der Waals surface area contributed by atoms with Gasteiger partial charge in [-0.25, -0.2) is 4.79 Å². The number of esters is 1. The van der Waals surface area contributed by atoms with Gasteiger partial charge in [-0.15, -0.1) is 0 Å². The third-order valence-corrected chi connectivity index (χ3v) is 2.91. The minimum atomic E-state index is -0.444. The smallest absolute Gasteiger partial charge is 0.355 e. The van der Waals surface area contributed by atoms with Gasteiger partial charge >= 0.3 is 5.97 Å². The Bertz CT molecular complexity index is 441. The van der Waals surface area contributed by atoms with E-state index in [9.17, 15) is 4.79 Å². The average molecular weight is 236 g/mol. The van der Waals surface area contributed by atoms with E-state index in [1.807, 2.05) is 38.5 Å². The largest absolute Gasteiger partial charge is 0.455 e. The number of fused-ring (bicyclic) bond motifs is 1. The van der Waals surface area contributed by atoms with Crippen molar-refractivity contribution in [2.75, 3.05) is 6.54 Å². The molecule has 0 amide bonds. The molecule has 1 aliphatic rings. The van der Waals surface area contributed by atoms with Gasteiger partial charge in [0, 0.05) is 32.3 Å². The van der Waals surface area contributed by atoms with Gasteiger partial charge in [0.2, 0.25) is 0 Å².